The summed E-state index contributed by atoms with van der Waals surface area (Å²) in [5.41, 5.74) is 0.0664. The summed E-state index contributed by atoms with van der Waals surface area (Å²) in [7, 11) is 0. The first-order valence-electron chi connectivity index (χ1n) is 5.03. The molecule has 4 nitrogen and oxygen atoms in total. The number of aliphatic hydroxyl groups is 1. The molecule has 0 saturated carbocycles. The third-order valence-electron chi connectivity index (χ3n) is 2.30. The van der Waals surface area contributed by atoms with Crippen LogP contribution in [0, 0.1) is 0 Å². The van der Waals surface area contributed by atoms with Gasteiger partial charge in [-0.25, -0.2) is 4.79 Å². The molecule has 0 spiro atoms. The van der Waals surface area contributed by atoms with Gasteiger partial charge in [0, 0.05) is 11.1 Å². The van der Waals surface area contributed by atoms with E-state index in [-0.39, 0.29) is 22.6 Å². The summed E-state index contributed by atoms with van der Waals surface area (Å²) in [6.45, 7) is 1.57. The monoisotopic (exact) mass is 288 g/mol. The summed E-state index contributed by atoms with van der Waals surface area (Å²) in [4.78, 5) is 22.0. The maximum atomic E-state index is 11.4. The number of hydrogen-bond acceptors (Lipinski definition) is 3. The summed E-state index contributed by atoms with van der Waals surface area (Å²) >= 11 is 11.5. The molecule has 0 bridgehead atoms. The van der Waals surface area contributed by atoms with E-state index in [4.69, 9.17) is 28.3 Å². The molecule has 2 N–H and O–H groups in total. The number of benzene rings is 1. The number of ketones is 1. The lowest BCUT2D eigenvalue weighted by Gasteiger charge is -2.07. The minimum atomic E-state index is -1.61. The molecule has 0 amide bonds. The topological polar surface area (TPSA) is 74.6 Å². The van der Waals surface area contributed by atoms with Crippen LogP contribution in [-0.4, -0.2) is 22.0 Å². The first-order valence-corrected chi connectivity index (χ1v) is 5.79. The number of carboxylic acids is 1. The fourth-order valence-corrected chi connectivity index (χ4v) is 1.68. The third-order valence-corrected chi connectivity index (χ3v) is 3.04. The second kappa shape index (κ2) is 5.89. The van der Waals surface area contributed by atoms with Crippen molar-refractivity contribution in [1.29, 1.82) is 0 Å². The van der Waals surface area contributed by atoms with Crippen molar-refractivity contribution in [3.05, 3.63) is 39.4 Å². The van der Waals surface area contributed by atoms with Gasteiger partial charge in [0.1, 0.15) is 5.76 Å². The molecule has 0 aromatic heterocycles. The Labute approximate surface area is 113 Å². The highest BCUT2D eigenvalue weighted by Gasteiger charge is 2.21. The van der Waals surface area contributed by atoms with Crippen molar-refractivity contribution in [3.8, 4) is 0 Å². The van der Waals surface area contributed by atoms with E-state index < -0.39 is 17.5 Å². The van der Waals surface area contributed by atoms with Crippen LogP contribution in [0.4, 0.5) is 0 Å². The van der Waals surface area contributed by atoms with Crippen LogP contribution in [0.3, 0.4) is 0 Å². The van der Waals surface area contributed by atoms with Crippen LogP contribution in [-0.2, 0) is 9.59 Å². The smallest absolute Gasteiger partial charge is 0.377 e. The highest BCUT2D eigenvalue weighted by atomic mass is 35.5. The number of hydrogen-bond donors (Lipinski definition) is 2. The predicted octanol–water partition coefficient (Wildman–Crippen LogP) is 3.33. The maximum absolute atomic E-state index is 11.4. The van der Waals surface area contributed by atoms with Crippen molar-refractivity contribution in [1.82, 2.24) is 0 Å². The average Bonchev–Trinajstić information content (AvgIpc) is 2.33. The SMILES string of the molecule is CCC(C(=O)C(=O)O)=C(O)c1ccc(Cl)c(Cl)c1. The van der Waals surface area contributed by atoms with E-state index in [9.17, 15) is 14.7 Å². The lowest BCUT2D eigenvalue weighted by molar-refractivity contribution is -0.147. The van der Waals surface area contributed by atoms with Crippen molar-refractivity contribution >= 4 is 40.7 Å². The van der Waals surface area contributed by atoms with Gasteiger partial charge in [-0.2, -0.15) is 0 Å². The van der Waals surface area contributed by atoms with Gasteiger partial charge in [-0.1, -0.05) is 30.1 Å². The van der Waals surface area contributed by atoms with Crippen LogP contribution in [0.2, 0.25) is 10.0 Å². The molecule has 0 radical (unpaired) electrons. The number of carbonyl (C=O) groups excluding carboxylic acids is 1. The van der Waals surface area contributed by atoms with Crippen LogP contribution < -0.4 is 0 Å². The number of aliphatic carboxylic acids is 1. The van der Waals surface area contributed by atoms with E-state index in [1.165, 1.54) is 18.2 Å². The van der Waals surface area contributed by atoms with Gasteiger partial charge in [-0.3, -0.25) is 4.79 Å². The second-order valence-corrected chi connectivity index (χ2v) is 4.26. The predicted molar refractivity (Wildman–Crippen MR) is 68.9 cm³/mol. The Balaban J connectivity index is 3.31. The molecule has 0 aliphatic carbocycles. The molecule has 96 valence electrons. The van der Waals surface area contributed by atoms with Crippen molar-refractivity contribution in [2.45, 2.75) is 13.3 Å². The molecule has 1 aromatic rings. The van der Waals surface area contributed by atoms with E-state index in [1.54, 1.807) is 6.92 Å². The Morgan fingerprint density at radius 3 is 2.22 bits per heavy atom. The molecular formula is C12H10Cl2O4. The van der Waals surface area contributed by atoms with E-state index in [1.807, 2.05) is 0 Å². The minimum Gasteiger partial charge on any atom is -0.507 e. The molecule has 0 fully saturated rings. The molecule has 1 aromatic carbocycles. The maximum Gasteiger partial charge on any atom is 0.377 e. The van der Waals surface area contributed by atoms with Gasteiger partial charge in [-0.05, 0) is 24.6 Å². The molecule has 0 atom stereocenters. The molecule has 0 unspecified atom stereocenters. The Hall–Kier alpha value is -1.52. The normalized spacial score (nSPS) is 11.9. The quantitative estimate of drug-likeness (QED) is 0.506. The largest absolute Gasteiger partial charge is 0.507 e. The van der Waals surface area contributed by atoms with E-state index >= 15 is 0 Å². The average molecular weight is 289 g/mol. The van der Waals surface area contributed by atoms with Crippen molar-refractivity contribution in [3.63, 3.8) is 0 Å². The van der Waals surface area contributed by atoms with Gasteiger partial charge >= 0.3 is 5.97 Å². The zero-order chi connectivity index (χ0) is 13.9. The number of carbonyl (C=O) groups is 2. The van der Waals surface area contributed by atoms with Crippen LogP contribution in [0.5, 0.6) is 0 Å². The molecule has 6 heteroatoms. The highest BCUT2D eigenvalue weighted by Crippen LogP contribution is 2.27. The Morgan fingerprint density at radius 1 is 1.17 bits per heavy atom. The van der Waals surface area contributed by atoms with E-state index in [0.29, 0.717) is 5.02 Å². The Bertz CT molecular complexity index is 535. The molecule has 0 saturated heterocycles. The van der Waals surface area contributed by atoms with Crippen molar-refractivity contribution in [2.75, 3.05) is 0 Å². The lowest BCUT2D eigenvalue weighted by atomic mass is 10.0. The summed E-state index contributed by atoms with van der Waals surface area (Å²) < 4.78 is 0. The highest BCUT2D eigenvalue weighted by molar-refractivity contribution is 6.42. The van der Waals surface area contributed by atoms with Gasteiger partial charge < -0.3 is 10.2 Å². The van der Waals surface area contributed by atoms with Crippen LogP contribution in [0.25, 0.3) is 5.76 Å². The molecule has 0 aliphatic heterocycles. The van der Waals surface area contributed by atoms with Crippen molar-refractivity contribution < 1.29 is 19.8 Å². The van der Waals surface area contributed by atoms with Gasteiger partial charge in [0.25, 0.3) is 5.78 Å². The van der Waals surface area contributed by atoms with Crippen molar-refractivity contribution in [2.24, 2.45) is 0 Å². The summed E-state index contributed by atoms with van der Waals surface area (Å²) in [6.07, 6.45) is 0.0945. The number of Topliss-reactive ketones (excluding diaryl/α,β-unsaturated/α-hetero) is 1. The summed E-state index contributed by atoms with van der Waals surface area (Å²) in [5.74, 6) is -3.15. The summed E-state index contributed by atoms with van der Waals surface area (Å²) in [5, 5.41) is 19.1. The zero-order valence-electron chi connectivity index (χ0n) is 9.41. The minimum absolute atomic E-state index is 0.0945. The number of halogens is 2. The Kier molecular flexibility index (Phi) is 4.76. The molecule has 18 heavy (non-hydrogen) atoms. The van der Waals surface area contributed by atoms with Crippen LogP contribution in [0.1, 0.15) is 18.9 Å². The standard InChI is InChI=1S/C12H10Cl2O4/c1-2-7(11(16)12(17)18)10(15)6-3-4-8(13)9(14)5-6/h3-5,15H,2H2,1H3,(H,17,18). The Morgan fingerprint density at radius 2 is 1.78 bits per heavy atom. The zero-order valence-corrected chi connectivity index (χ0v) is 10.9. The number of carboxylic acid groups (broad SMARTS) is 1. The van der Waals surface area contributed by atoms with Gasteiger partial charge in [0.2, 0.25) is 0 Å². The third kappa shape index (κ3) is 3.03. The van der Waals surface area contributed by atoms with Crippen LogP contribution >= 0.6 is 23.2 Å². The number of rotatable bonds is 4. The fourth-order valence-electron chi connectivity index (χ4n) is 1.38. The van der Waals surface area contributed by atoms with Crippen LogP contribution in [0.15, 0.2) is 23.8 Å². The second-order valence-electron chi connectivity index (χ2n) is 3.44. The van der Waals surface area contributed by atoms with Gasteiger partial charge in [0.15, 0.2) is 0 Å². The molecule has 0 aliphatic rings. The lowest BCUT2D eigenvalue weighted by Crippen LogP contribution is -2.16. The first-order chi connectivity index (χ1) is 8.38. The summed E-state index contributed by atoms with van der Waals surface area (Å²) in [6, 6.07) is 4.27. The van der Waals surface area contributed by atoms with Gasteiger partial charge in [-0.15, -0.1) is 0 Å². The van der Waals surface area contributed by atoms with Gasteiger partial charge in [0.05, 0.1) is 10.0 Å². The first kappa shape index (κ1) is 14.5. The number of aliphatic hydroxyl groups excluding tert-OH is 1. The molecule has 0 heterocycles. The fraction of sp³-hybridized carbons (Fsp3) is 0.167. The molecular weight excluding hydrogens is 279 g/mol. The van der Waals surface area contributed by atoms with E-state index in [2.05, 4.69) is 0 Å². The van der Waals surface area contributed by atoms with E-state index in [0.717, 1.165) is 0 Å². The molecule has 1 rings (SSSR count).